The number of aromatic amines is 2. The van der Waals surface area contributed by atoms with Gasteiger partial charge in [0.2, 0.25) is 53.2 Å². The number of unbranched alkanes of at least 4 members (excludes halogenated alkanes) is 1. The number of fused-ring (bicyclic) bond motifs is 2. The molecule has 0 fully saturated rings. The minimum absolute atomic E-state index is 0.0148. The smallest absolute Gasteiger partial charge is 0.327 e. The molecule has 0 aliphatic rings. The number of para-hydroxylation sites is 2. The van der Waals surface area contributed by atoms with Crippen molar-refractivity contribution >= 4 is 106 Å². The van der Waals surface area contributed by atoms with E-state index in [2.05, 4.69) is 72.4 Å². The Kier molecular flexibility index (Phi) is 26.4. The monoisotopic (exact) mass is 1250 g/mol. The Balaban J connectivity index is 1.31. The topological polar surface area (TPSA) is 408 Å². The maximum absolute atomic E-state index is 15.2. The molecule has 0 radical (unpaired) electrons. The highest BCUT2D eigenvalue weighted by molar-refractivity contribution is 7.80. The lowest BCUT2D eigenvalue weighted by Gasteiger charge is -2.32. The standard InChI is InChI=1S/C61H77N13O12S2/c1-35(75)53(59(83)72-49(27-37-16-6-3-7-17-37)60(84)74(32-51(64)76)50(34-88)61(85)86)73-55(79)45(22-12-13-24-62)69-57(81)47(28-38-30-66-43-20-10-8-18-40(38)43)71-58(82)48(29-39-31-67-44-21-11-9-19-41(39)44)70-56(80)46(26-36-14-4-2-5-15-36)68-52(77)23-25-65-54(78)42(63)33-87/h2-11,14-21,30-31,35,42,45-50,53,66-67,75,87-88H,12-13,22-29,32-34,62-63H2,1H3,(H2,64,76)(H,65,78)(H,68,77)(H,69,81)(H,70,80)(H,71,82)(H,72,83)(H,73,79)(H,85,86)/t35-,42+,45+,46+,47-,48+,49+,50+,53+/m1/s1. The third-order valence-corrected chi connectivity index (χ3v) is 15.3. The number of carboxylic acids is 1. The fourth-order valence-corrected chi connectivity index (χ4v) is 10.4. The van der Waals surface area contributed by atoms with E-state index in [1.807, 2.05) is 36.4 Å². The number of H-pyrrole nitrogens is 2. The van der Waals surface area contributed by atoms with Crippen molar-refractivity contribution in [2.45, 2.75) is 113 Å². The molecule has 25 nitrogen and oxygen atoms in total. The Bertz CT molecular complexity index is 3370. The predicted molar refractivity (Wildman–Crippen MR) is 336 cm³/mol. The van der Waals surface area contributed by atoms with E-state index in [1.165, 1.54) is 6.92 Å². The zero-order valence-electron chi connectivity index (χ0n) is 48.5. The molecule has 2 aromatic heterocycles. The molecule has 17 N–H and O–H groups in total. The molecule has 6 rings (SSSR count). The van der Waals surface area contributed by atoms with E-state index in [9.17, 15) is 48.6 Å². The largest absolute Gasteiger partial charge is 0.480 e. The number of primary amides is 1. The van der Waals surface area contributed by atoms with Crippen molar-refractivity contribution in [1.82, 2.24) is 52.1 Å². The van der Waals surface area contributed by atoms with Crippen LogP contribution >= 0.6 is 25.3 Å². The summed E-state index contributed by atoms with van der Waals surface area (Å²) in [7, 11) is 0. The molecule has 0 spiro atoms. The zero-order chi connectivity index (χ0) is 63.9. The summed E-state index contributed by atoms with van der Waals surface area (Å²) in [6, 6.07) is 20.0. The van der Waals surface area contributed by atoms with Crippen molar-refractivity contribution in [2.75, 3.05) is 31.1 Å². The van der Waals surface area contributed by atoms with Crippen LogP contribution in [-0.2, 0) is 73.6 Å². The summed E-state index contributed by atoms with van der Waals surface area (Å²) in [6.45, 7) is 0.438. The average Bonchev–Trinajstić information content (AvgIpc) is 3.70. The predicted octanol–water partition coefficient (Wildman–Crippen LogP) is -0.201. The number of nitrogens with two attached hydrogens (primary N) is 3. The quantitative estimate of drug-likeness (QED) is 0.0181. The first-order valence-corrected chi connectivity index (χ1v) is 29.9. The van der Waals surface area contributed by atoms with Crippen LogP contribution in [0.25, 0.3) is 21.8 Å². The molecule has 2 heterocycles. The first kappa shape index (κ1) is 68.4. The zero-order valence-corrected chi connectivity index (χ0v) is 50.3. The summed E-state index contributed by atoms with van der Waals surface area (Å²) in [4.78, 5) is 146. The summed E-state index contributed by atoms with van der Waals surface area (Å²) in [5.74, 6) is -9.60. The lowest BCUT2D eigenvalue weighted by Crippen LogP contribution is -2.62. The normalized spacial score (nSPS) is 14.3. The molecule has 9 atom stereocenters. The average molecular weight is 1250 g/mol. The van der Waals surface area contributed by atoms with Gasteiger partial charge in [0.25, 0.3) is 0 Å². The van der Waals surface area contributed by atoms with Gasteiger partial charge in [-0.3, -0.25) is 43.2 Å². The van der Waals surface area contributed by atoms with Gasteiger partial charge < -0.3 is 79.5 Å². The number of carbonyl (C=O) groups is 10. The number of benzene rings is 4. The molecule has 27 heteroatoms. The van der Waals surface area contributed by atoms with Gasteiger partial charge in [0.15, 0.2) is 0 Å². The SMILES string of the molecule is C[C@@H](O)[C@H](NC(=O)[C@H](CCCCN)NC(=O)[C@@H](Cc1c[nH]c2ccccc12)NC(=O)[C@H](Cc1c[nH]c2ccccc12)NC(=O)[C@H](Cc1ccccc1)NC(=O)CCNC(=O)[C@@H](N)CS)C(=O)N[C@@H](Cc1ccccc1)C(=O)N(CC(N)=O)[C@@H](CS)C(=O)O. The third-order valence-electron chi connectivity index (χ3n) is 14.6. The van der Waals surface area contributed by atoms with E-state index >= 15 is 9.59 Å². The molecule has 0 saturated carbocycles. The molecular formula is C61H77N13O12S2. The van der Waals surface area contributed by atoms with Crippen molar-refractivity contribution in [3.63, 3.8) is 0 Å². The molecule has 6 aromatic rings. The van der Waals surface area contributed by atoms with Gasteiger partial charge in [-0.25, -0.2) is 4.79 Å². The van der Waals surface area contributed by atoms with E-state index in [1.54, 1.807) is 85.2 Å². The van der Waals surface area contributed by atoms with Gasteiger partial charge in [-0.05, 0) is 67.1 Å². The molecule has 0 saturated heterocycles. The van der Waals surface area contributed by atoms with Crippen LogP contribution in [0.4, 0.5) is 0 Å². The number of aliphatic carboxylic acids is 1. The molecule has 0 unspecified atom stereocenters. The van der Waals surface area contributed by atoms with E-state index in [4.69, 9.17) is 17.2 Å². The number of hydrogen-bond donors (Lipinski definition) is 16. The fourth-order valence-electron chi connectivity index (χ4n) is 9.87. The number of nitrogens with one attached hydrogen (secondary N) is 9. The van der Waals surface area contributed by atoms with Gasteiger partial charge in [-0.2, -0.15) is 25.3 Å². The van der Waals surface area contributed by atoms with Crippen molar-refractivity contribution in [1.29, 1.82) is 0 Å². The lowest BCUT2D eigenvalue weighted by molar-refractivity contribution is -0.151. The second kappa shape index (κ2) is 34.0. The van der Waals surface area contributed by atoms with Crippen molar-refractivity contribution in [3.05, 3.63) is 144 Å². The Morgan fingerprint density at radius 3 is 1.51 bits per heavy atom. The Morgan fingerprint density at radius 2 is 1.03 bits per heavy atom. The van der Waals surface area contributed by atoms with Crippen LogP contribution in [0.15, 0.2) is 122 Å². The number of hydrogen-bond acceptors (Lipinski definition) is 15. The second-order valence-electron chi connectivity index (χ2n) is 21.2. The highest BCUT2D eigenvalue weighted by Gasteiger charge is 2.39. The highest BCUT2D eigenvalue weighted by atomic mass is 32.1. The second-order valence-corrected chi connectivity index (χ2v) is 21.9. The first-order chi connectivity index (χ1) is 42.2. The number of aromatic nitrogens is 2. The van der Waals surface area contributed by atoms with Gasteiger partial charge in [0, 0.05) is 84.4 Å². The Hall–Kier alpha value is -8.76. The van der Waals surface area contributed by atoms with Gasteiger partial charge in [-0.15, -0.1) is 0 Å². The number of rotatable bonds is 35. The number of aliphatic hydroxyl groups excluding tert-OH is 1. The molecule has 0 bridgehead atoms. The molecule has 88 heavy (non-hydrogen) atoms. The van der Waals surface area contributed by atoms with E-state index in [0.29, 0.717) is 44.5 Å². The molecule has 9 amide bonds. The number of nitrogens with zero attached hydrogens (tertiary/aromatic N) is 1. The lowest BCUT2D eigenvalue weighted by atomic mass is 10.00. The van der Waals surface area contributed by atoms with Crippen LogP contribution in [0.5, 0.6) is 0 Å². The van der Waals surface area contributed by atoms with E-state index < -0.39 is 126 Å². The van der Waals surface area contributed by atoms with Gasteiger partial charge >= 0.3 is 5.97 Å². The van der Waals surface area contributed by atoms with Gasteiger partial charge in [0.05, 0.1) is 12.1 Å². The van der Waals surface area contributed by atoms with Crippen molar-refractivity contribution in [3.8, 4) is 0 Å². The van der Waals surface area contributed by atoms with Crippen LogP contribution in [0, 0.1) is 0 Å². The minimum atomic E-state index is -1.81. The summed E-state index contributed by atoms with van der Waals surface area (Å²) in [5.41, 5.74) is 20.9. The Labute approximate surface area is 519 Å². The molecular weight excluding hydrogens is 1170 g/mol. The van der Waals surface area contributed by atoms with Crippen LogP contribution < -0.4 is 54.4 Å². The molecule has 470 valence electrons. The van der Waals surface area contributed by atoms with Crippen LogP contribution in [-0.4, -0.2) is 170 Å². The minimum Gasteiger partial charge on any atom is -0.480 e. The maximum atomic E-state index is 15.2. The maximum Gasteiger partial charge on any atom is 0.327 e. The molecule has 4 aromatic carbocycles. The molecule has 0 aliphatic carbocycles. The van der Waals surface area contributed by atoms with Gasteiger partial charge in [-0.1, -0.05) is 97.1 Å². The van der Waals surface area contributed by atoms with Gasteiger partial charge in [0.1, 0.15) is 48.8 Å². The van der Waals surface area contributed by atoms with Crippen LogP contribution in [0.1, 0.15) is 54.9 Å². The number of amides is 9. The molecule has 0 aliphatic heterocycles. The summed E-state index contributed by atoms with van der Waals surface area (Å²) >= 11 is 8.13. The number of thiol groups is 2. The van der Waals surface area contributed by atoms with Crippen LogP contribution in [0.3, 0.4) is 0 Å². The first-order valence-electron chi connectivity index (χ1n) is 28.6. The summed E-state index contributed by atoms with van der Waals surface area (Å²) < 4.78 is 0. The number of aliphatic hydroxyl groups is 1. The third kappa shape index (κ3) is 19.9. The number of carbonyl (C=O) groups excluding carboxylic acids is 9. The van der Waals surface area contributed by atoms with Crippen molar-refractivity contribution in [2.24, 2.45) is 17.2 Å². The number of carboxylic acid groups (broad SMARTS) is 1. The van der Waals surface area contributed by atoms with Crippen LogP contribution in [0.2, 0.25) is 0 Å². The summed E-state index contributed by atoms with van der Waals surface area (Å²) in [5, 5.41) is 41.4. The van der Waals surface area contributed by atoms with Crippen molar-refractivity contribution < 1.29 is 58.2 Å². The fraction of sp³-hybridized carbons (Fsp3) is 0.377. The highest BCUT2D eigenvalue weighted by Crippen LogP contribution is 2.22. The van der Waals surface area contributed by atoms with E-state index in [-0.39, 0.29) is 63.8 Å². The Morgan fingerprint density at radius 1 is 0.568 bits per heavy atom. The van der Waals surface area contributed by atoms with E-state index in [0.717, 1.165) is 10.9 Å². The summed E-state index contributed by atoms with van der Waals surface area (Å²) in [6.07, 6.45) is 1.48.